The van der Waals surface area contributed by atoms with Gasteiger partial charge in [0.1, 0.15) is 0 Å². The topological polar surface area (TPSA) is 82.6 Å². The lowest BCUT2D eigenvalue weighted by atomic mass is 10.0. The Balaban J connectivity index is 0.00000272. The van der Waals surface area contributed by atoms with Gasteiger partial charge in [0.15, 0.2) is 5.13 Å². The molecule has 1 aromatic heterocycles. The quantitative estimate of drug-likeness (QED) is 0.700. The number of sulfonamides is 1. The monoisotopic (exact) mass is 484 g/mol. The zero-order chi connectivity index (χ0) is 21.3. The predicted octanol–water partition coefficient (Wildman–Crippen LogP) is 3.62. The second-order valence-corrected chi connectivity index (χ2v) is 11.1. The first-order valence-electron chi connectivity index (χ1n) is 10.5. The van der Waals surface area contributed by atoms with Gasteiger partial charge in [-0.2, -0.15) is 4.31 Å². The van der Waals surface area contributed by atoms with Gasteiger partial charge >= 0.3 is 0 Å². The highest BCUT2D eigenvalue weighted by Gasteiger charge is 2.28. The number of halogens is 1. The lowest BCUT2D eigenvalue weighted by molar-refractivity contribution is 0.102. The molecule has 0 saturated carbocycles. The molecule has 170 valence electrons. The second-order valence-electron chi connectivity index (χ2n) is 8.07. The average Bonchev–Trinajstić information content (AvgIpc) is 3.15. The van der Waals surface area contributed by atoms with Crippen molar-refractivity contribution in [3.8, 4) is 0 Å². The van der Waals surface area contributed by atoms with Gasteiger partial charge in [-0.25, -0.2) is 13.4 Å². The molecule has 2 aliphatic rings. The first-order chi connectivity index (χ1) is 14.4. The highest BCUT2D eigenvalue weighted by molar-refractivity contribution is 7.89. The van der Waals surface area contributed by atoms with Gasteiger partial charge in [0.2, 0.25) is 10.0 Å². The first kappa shape index (κ1) is 24.1. The number of likely N-dealkylation sites (N-methyl/N-ethyl adjacent to an activating group) is 1. The van der Waals surface area contributed by atoms with Crippen LogP contribution in [0.3, 0.4) is 0 Å². The van der Waals surface area contributed by atoms with Crippen LogP contribution in [-0.4, -0.2) is 54.7 Å². The van der Waals surface area contributed by atoms with E-state index < -0.39 is 10.0 Å². The molecule has 0 unspecified atom stereocenters. The van der Waals surface area contributed by atoms with Gasteiger partial charge in [-0.05, 0) is 49.6 Å². The zero-order valence-electron chi connectivity index (χ0n) is 17.8. The molecule has 0 bridgehead atoms. The van der Waals surface area contributed by atoms with Crippen LogP contribution in [0.15, 0.2) is 29.2 Å². The zero-order valence-corrected chi connectivity index (χ0v) is 20.3. The predicted molar refractivity (Wildman–Crippen MR) is 126 cm³/mol. The number of piperidine rings is 1. The van der Waals surface area contributed by atoms with Gasteiger partial charge in [0, 0.05) is 43.0 Å². The minimum atomic E-state index is -3.51. The Morgan fingerprint density at radius 3 is 2.52 bits per heavy atom. The Morgan fingerprint density at radius 1 is 1.19 bits per heavy atom. The molecule has 1 aromatic carbocycles. The van der Waals surface area contributed by atoms with Crippen molar-refractivity contribution in [3.05, 3.63) is 40.4 Å². The maximum absolute atomic E-state index is 12.8. The summed E-state index contributed by atoms with van der Waals surface area (Å²) in [4.78, 5) is 21.0. The fraction of sp³-hybridized carbons (Fsp3) is 0.524. The van der Waals surface area contributed by atoms with Crippen molar-refractivity contribution in [2.75, 3.05) is 31.5 Å². The van der Waals surface area contributed by atoms with Crippen LogP contribution in [0.1, 0.15) is 47.6 Å². The van der Waals surface area contributed by atoms with E-state index in [1.165, 1.54) is 28.3 Å². The van der Waals surface area contributed by atoms with Crippen LogP contribution in [0.4, 0.5) is 5.13 Å². The number of carbonyl (C=O) groups is 1. The Hall–Kier alpha value is -1.52. The second kappa shape index (κ2) is 9.95. The molecule has 7 nitrogen and oxygen atoms in total. The normalized spacial score (nSPS) is 18.3. The Labute approximate surface area is 194 Å². The Kier molecular flexibility index (Phi) is 7.75. The summed E-state index contributed by atoms with van der Waals surface area (Å²) in [6.45, 7) is 8.27. The van der Waals surface area contributed by atoms with Crippen LogP contribution in [0.25, 0.3) is 0 Å². The van der Waals surface area contributed by atoms with E-state index in [9.17, 15) is 13.2 Å². The molecular weight excluding hydrogens is 456 g/mol. The smallest absolute Gasteiger partial charge is 0.257 e. The number of hydrogen-bond donors (Lipinski definition) is 1. The minimum Gasteiger partial charge on any atom is -0.298 e. The number of thiazole rings is 1. The summed E-state index contributed by atoms with van der Waals surface area (Å²) in [5.41, 5.74) is 1.49. The molecule has 1 N–H and O–H groups in total. The van der Waals surface area contributed by atoms with E-state index in [1.54, 1.807) is 16.4 Å². The summed E-state index contributed by atoms with van der Waals surface area (Å²) < 4.78 is 27.2. The third kappa shape index (κ3) is 5.28. The Bertz CT molecular complexity index is 1020. The van der Waals surface area contributed by atoms with E-state index in [-0.39, 0.29) is 23.2 Å². The van der Waals surface area contributed by atoms with Crippen molar-refractivity contribution in [2.24, 2.45) is 5.92 Å². The minimum absolute atomic E-state index is 0. The summed E-state index contributed by atoms with van der Waals surface area (Å²) in [5, 5.41) is 3.46. The summed E-state index contributed by atoms with van der Waals surface area (Å²) in [7, 11) is -3.51. The van der Waals surface area contributed by atoms with Crippen LogP contribution in [0, 0.1) is 5.92 Å². The van der Waals surface area contributed by atoms with Crippen LogP contribution in [0.2, 0.25) is 0 Å². The van der Waals surface area contributed by atoms with Crippen LogP contribution in [-0.2, 0) is 23.0 Å². The number of amides is 1. The molecule has 0 aliphatic carbocycles. The van der Waals surface area contributed by atoms with Crippen molar-refractivity contribution in [2.45, 2.75) is 44.6 Å². The van der Waals surface area contributed by atoms with Crippen molar-refractivity contribution in [3.63, 3.8) is 0 Å². The number of carbonyl (C=O) groups excluding carboxylic acids is 1. The van der Waals surface area contributed by atoms with Crippen LogP contribution < -0.4 is 5.32 Å². The molecule has 1 amide bonds. The molecule has 2 aliphatic heterocycles. The van der Waals surface area contributed by atoms with E-state index in [0.717, 1.165) is 44.6 Å². The highest BCUT2D eigenvalue weighted by atomic mass is 35.5. The summed E-state index contributed by atoms with van der Waals surface area (Å²) >= 11 is 1.52. The van der Waals surface area contributed by atoms with Crippen LogP contribution >= 0.6 is 23.7 Å². The molecule has 4 rings (SSSR count). The third-order valence-corrected chi connectivity index (χ3v) is 8.89. The van der Waals surface area contributed by atoms with Crippen molar-refractivity contribution in [1.29, 1.82) is 0 Å². The van der Waals surface area contributed by atoms with Gasteiger partial charge in [0.05, 0.1) is 10.6 Å². The number of nitrogens with zero attached hydrogens (tertiary/aromatic N) is 3. The maximum Gasteiger partial charge on any atom is 0.257 e. The van der Waals surface area contributed by atoms with Crippen molar-refractivity contribution in [1.82, 2.24) is 14.2 Å². The molecular formula is C21H29ClN4O3S2. The van der Waals surface area contributed by atoms with E-state index in [2.05, 4.69) is 29.0 Å². The van der Waals surface area contributed by atoms with Gasteiger partial charge in [0.25, 0.3) is 5.91 Å². The van der Waals surface area contributed by atoms with Gasteiger partial charge in [-0.15, -0.1) is 23.7 Å². The number of hydrogen-bond acceptors (Lipinski definition) is 6. The van der Waals surface area contributed by atoms with E-state index in [1.807, 2.05) is 0 Å². The lowest BCUT2D eigenvalue weighted by Gasteiger charge is -2.29. The molecule has 1 fully saturated rings. The maximum atomic E-state index is 12.8. The van der Waals surface area contributed by atoms with Gasteiger partial charge in [-0.3, -0.25) is 15.0 Å². The number of nitrogens with one attached hydrogen (secondary N) is 1. The van der Waals surface area contributed by atoms with Crippen LogP contribution in [0.5, 0.6) is 0 Å². The number of rotatable bonds is 5. The average molecular weight is 485 g/mol. The van der Waals surface area contributed by atoms with Crippen molar-refractivity contribution >= 4 is 44.8 Å². The Morgan fingerprint density at radius 2 is 1.87 bits per heavy atom. The fourth-order valence-corrected chi connectivity index (χ4v) is 6.41. The third-order valence-electron chi connectivity index (χ3n) is 5.97. The van der Waals surface area contributed by atoms with Crippen molar-refractivity contribution < 1.29 is 13.2 Å². The van der Waals surface area contributed by atoms with E-state index in [4.69, 9.17) is 0 Å². The molecule has 10 heteroatoms. The molecule has 0 atom stereocenters. The molecule has 31 heavy (non-hydrogen) atoms. The summed E-state index contributed by atoms with van der Waals surface area (Å²) in [6.07, 6.45) is 2.67. The standard InChI is InChI=1S/C21H28N4O3S2.ClH/c1-3-24-11-10-18-19(14-24)29-21(22-18)23-20(26)16-4-6-17(7-5-16)30(27,28)25-12-8-15(2)9-13-25;/h4-7,15H,3,8-14H2,1-2H3,(H,22,23,26);1H. The van der Waals surface area contributed by atoms with E-state index >= 15 is 0 Å². The molecule has 0 spiro atoms. The molecule has 1 saturated heterocycles. The number of aromatic nitrogens is 1. The number of fused-ring (bicyclic) bond motifs is 1. The number of anilines is 1. The lowest BCUT2D eigenvalue weighted by Crippen LogP contribution is -2.37. The van der Waals surface area contributed by atoms with E-state index in [0.29, 0.717) is 29.7 Å². The first-order valence-corrected chi connectivity index (χ1v) is 12.7. The molecule has 0 radical (unpaired) electrons. The van der Waals surface area contributed by atoms with Gasteiger partial charge in [-0.1, -0.05) is 13.8 Å². The highest BCUT2D eigenvalue weighted by Crippen LogP contribution is 2.29. The summed E-state index contributed by atoms with van der Waals surface area (Å²) in [6, 6.07) is 6.19. The molecule has 3 heterocycles. The largest absolute Gasteiger partial charge is 0.298 e. The number of benzene rings is 1. The van der Waals surface area contributed by atoms with Gasteiger partial charge < -0.3 is 0 Å². The summed E-state index contributed by atoms with van der Waals surface area (Å²) in [5.74, 6) is 0.285. The SMILES string of the molecule is CCN1CCc2nc(NC(=O)c3ccc(S(=O)(=O)N4CCC(C)CC4)cc3)sc2C1.Cl. The molecule has 2 aromatic rings. The fourth-order valence-electron chi connectivity index (χ4n) is 3.89.